The van der Waals surface area contributed by atoms with E-state index < -0.39 is 71.2 Å². The van der Waals surface area contributed by atoms with Crippen LogP contribution in [0.25, 0.3) is 0 Å². The van der Waals surface area contributed by atoms with Crippen LogP contribution in [-0.2, 0) is 36.0 Å². The lowest BCUT2D eigenvalue weighted by atomic mass is 9.62. The molecule has 4 N–H and O–H groups in total. The molecule has 4 aromatic carbocycles. The number of thioether (sulfide) groups is 1. The number of hydrogen-bond acceptors (Lipinski definition) is 16. The Hall–Kier alpha value is -5.96. The standard InChI is InChI=1S/C66H84F5N9O8S3/c1-64(2)25-23-46(54(39-64)65-38-52(61(67)68)55(65)40-65)41-79-33-35-80(36-34-79)49-17-15-45(16-18-49)62(83)75-91(87,88)51-19-20-57(59(37-51)90(85,86)66(69,70)71)73-48(44-89-50-12-6-4-7-13-50)24-28-78-31-29-77(30-32-78)27-9-5-8-26-72-56-14-10-11-47(43-81)53(56)42-76(3)58-21-22-60(82)74-63(58)84/h4,6-7,10-20,37,43,48,52,55,58,61,72-73H,5,8-9,21-36,38-42,44H2,1-3H3,(H,75,83)(H,74,82,84). The van der Waals surface area contributed by atoms with Gasteiger partial charge in [0.2, 0.25) is 18.2 Å². The summed E-state index contributed by atoms with van der Waals surface area (Å²) >= 11 is 1.44. The van der Waals surface area contributed by atoms with Crippen molar-refractivity contribution >= 4 is 72.7 Å². The van der Waals surface area contributed by atoms with Crippen molar-refractivity contribution < 1.29 is 58.0 Å². The second-order valence-electron chi connectivity index (χ2n) is 26.2. The van der Waals surface area contributed by atoms with Crippen LogP contribution in [-0.4, -0.2) is 176 Å². The fraction of sp³-hybridized carbons (Fsp3) is 0.545. The summed E-state index contributed by atoms with van der Waals surface area (Å²) in [4.78, 5) is 59.6. The molecule has 2 saturated carbocycles. The molecule has 5 unspecified atom stereocenters. The highest BCUT2D eigenvalue weighted by atomic mass is 32.2. The van der Waals surface area contributed by atoms with Crippen LogP contribution in [0.1, 0.15) is 111 Å². The predicted octanol–water partition coefficient (Wildman–Crippen LogP) is 9.93. The molecule has 494 valence electrons. The molecule has 0 aromatic heterocycles. The predicted molar refractivity (Wildman–Crippen MR) is 343 cm³/mol. The molecule has 3 saturated heterocycles. The van der Waals surface area contributed by atoms with Gasteiger partial charge in [0.15, 0.2) is 0 Å². The maximum atomic E-state index is 14.5. The molecule has 3 amide bonds. The number of carbonyl (C=O) groups is 4. The molecular weight excluding hydrogens is 1240 g/mol. The highest BCUT2D eigenvalue weighted by molar-refractivity contribution is 7.99. The summed E-state index contributed by atoms with van der Waals surface area (Å²) < 4.78 is 127. The number of allylic oxidation sites excluding steroid dienone is 1. The number of nitrogens with one attached hydrogen (secondary N) is 4. The average molecular weight is 1320 g/mol. The van der Waals surface area contributed by atoms with E-state index in [0.717, 1.165) is 138 Å². The third-order valence-electron chi connectivity index (χ3n) is 19.5. The molecule has 91 heavy (non-hydrogen) atoms. The topological polar surface area (TPSA) is 201 Å². The first-order valence-electron chi connectivity index (χ1n) is 31.7. The number of hydrogen-bond donors (Lipinski definition) is 4. The van der Waals surface area contributed by atoms with Crippen molar-refractivity contribution in [2.75, 3.05) is 107 Å². The maximum absolute atomic E-state index is 14.5. The molecule has 3 heterocycles. The van der Waals surface area contributed by atoms with Gasteiger partial charge in [0.1, 0.15) is 11.2 Å². The molecule has 25 heteroatoms. The van der Waals surface area contributed by atoms with Crippen molar-refractivity contribution in [1.29, 1.82) is 0 Å². The second-order valence-corrected chi connectivity index (χ2v) is 30.9. The van der Waals surface area contributed by atoms with E-state index in [1.165, 1.54) is 35.0 Å². The number of carbonyl (C=O) groups excluding carboxylic acids is 4. The summed E-state index contributed by atoms with van der Waals surface area (Å²) in [5, 5.41) is 8.93. The van der Waals surface area contributed by atoms with Crippen LogP contribution in [0.5, 0.6) is 0 Å². The molecule has 0 radical (unpaired) electrons. The average Bonchev–Trinajstić information content (AvgIpc) is 1.51. The maximum Gasteiger partial charge on any atom is 0.501 e. The number of nitrogens with zero attached hydrogens (tertiary/aromatic N) is 5. The van der Waals surface area contributed by atoms with Crippen molar-refractivity contribution in [3.05, 3.63) is 119 Å². The minimum absolute atomic E-state index is 0.0338. The van der Waals surface area contributed by atoms with Crippen LogP contribution in [0.2, 0.25) is 0 Å². The van der Waals surface area contributed by atoms with E-state index >= 15 is 0 Å². The Kier molecular flexibility index (Phi) is 21.4. The van der Waals surface area contributed by atoms with Gasteiger partial charge in [0, 0.05) is 130 Å². The highest BCUT2D eigenvalue weighted by Gasteiger charge is 2.71. The minimum Gasteiger partial charge on any atom is -0.385 e. The summed E-state index contributed by atoms with van der Waals surface area (Å²) in [6, 6.07) is 22.5. The number of alkyl halides is 5. The third-order valence-corrected chi connectivity index (χ3v) is 23.5. The van der Waals surface area contributed by atoms with Crippen molar-refractivity contribution in [2.24, 2.45) is 22.7 Å². The lowest BCUT2D eigenvalue weighted by molar-refractivity contribution is -0.137. The Morgan fingerprint density at radius 2 is 1.53 bits per heavy atom. The van der Waals surface area contributed by atoms with Crippen molar-refractivity contribution in [2.45, 2.75) is 130 Å². The van der Waals surface area contributed by atoms with Crippen molar-refractivity contribution in [3.8, 4) is 0 Å². The zero-order chi connectivity index (χ0) is 64.9. The Balaban J connectivity index is 0.713. The Morgan fingerprint density at radius 1 is 0.824 bits per heavy atom. The van der Waals surface area contributed by atoms with Crippen molar-refractivity contribution in [1.82, 2.24) is 29.6 Å². The van der Waals surface area contributed by atoms with Gasteiger partial charge in [-0.15, -0.1) is 11.8 Å². The van der Waals surface area contributed by atoms with E-state index in [2.05, 4.69) is 49.4 Å². The number of halogens is 5. The fourth-order valence-corrected chi connectivity index (χ4v) is 17.0. The summed E-state index contributed by atoms with van der Waals surface area (Å²) in [5.74, 6) is -1.75. The van der Waals surface area contributed by atoms with E-state index in [4.69, 9.17) is 0 Å². The van der Waals surface area contributed by atoms with Gasteiger partial charge in [0.25, 0.3) is 25.8 Å². The van der Waals surface area contributed by atoms with Crippen molar-refractivity contribution in [3.63, 3.8) is 0 Å². The number of imide groups is 1. The summed E-state index contributed by atoms with van der Waals surface area (Å²) in [6.45, 7) is 13.7. The number of rotatable bonds is 28. The number of aldehydes is 1. The van der Waals surface area contributed by atoms with E-state index in [0.29, 0.717) is 69.4 Å². The first-order valence-corrected chi connectivity index (χ1v) is 35.6. The lowest BCUT2D eigenvalue weighted by Crippen LogP contribution is -2.51. The zero-order valence-corrected chi connectivity index (χ0v) is 54.4. The van der Waals surface area contributed by atoms with Gasteiger partial charge in [-0.05, 0) is 154 Å². The van der Waals surface area contributed by atoms with Gasteiger partial charge in [-0.3, -0.25) is 34.3 Å². The van der Waals surface area contributed by atoms with Crippen LogP contribution in [0.15, 0.2) is 117 Å². The number of sulfone groups is 1. The minimum atomic E-state index is -6.14. The number of fused-ring (bicyclic) bond motifs is 1. The van der Waals surface area contributed by atoms with Crippen LogP contribution in [0.3, 0.4) is 0 Å². The second kappa shape index (κ2) is 28.7. The fourth-order valence-electron chi connectivity index (χ4n) is 14.0. The molecule has 3 aliphatic carbocycles. The highest BCUT2D eigenvalue weighted by Crippen LogP contribution is 2.77. The number of amides is 3. The van der Waals surface area contributed by atoms with Gasteiger partial charge >= 0.3 is 5.51 Å². The molecule has 3 aliphatic heterocycles. The van der Waals surface area contributed by atoms with Crippen LogP contribution < -0.4 is 25.6 Å². The summed E-state index contributed by atoms with van der Waals surface area (Å²) in [7, 11) is -9.25. The van der Waals surface area contributed by atoms with Crippen LogP contribution in [0, 0.1) is 22.7 Å². The Labute approximate surface area is 535 Å². The number of benzene rings is 4. The SMILES string of the molecule is CN(Cc1c(C=O)cccc1NCCCCCN1CCN(CCC(CSc2ccccc2)Nc2ccc(S(=O)(=O)NC(=O)c3ccc(N4CCN(CC5=C(C67CC(C(F)F)C6C7)CC(C)(C)CC5)CC4)cc3)cc2S(=O)(=O)C(F)(F)F)CC1)C1CCC(=O)NC1=O. The molecule has 10 rings (SSSR count). The number of unbranched alkanes of at least 4 members (excludes halogenated alkanes) is 2. The number of sulfonamides is 1. The van der Waals surface area contributed by atoms with Gasteiger partial charge in [-0.2, -0.15) is 13.2 Å². The molecule has 17 nitrogen and oxygen atoms in total. The first-order chi connectivity index (χ1) is 43.3. The Morgan fingerprint density at radius 3 is 2.20 bits per heavy atom. The normalized spacial score (nSPS) is 22.9. The zero-order valence-electron chi connectivity index (χ0n) is 51.9. The molecule has 0 spiro atoms. The summed E-state index contributed by atoms with van der Waals surface area (Å²) in [6.07, 6.45) is 6.83. The molecule has 5 atom stereocenters. The Bertz CT molecular complexity index is 3530. The van der Waals surface area contributed by atoms with Gasteiger partial charge in [-0.1, -0.05) is 61.7 Å². The lowest BCUT2D eigenvalue weighted by Gasteiger charge is -2.44. The van der Waals surface area contributed by atoms with Crippen LogP contribution >= 0.6 is 11.8 Å². The van der Waals surface area contributed by atoms with Gasteiger partial charge in [-0.25, -0.2) is 30.3 Å². The molecule has 6 aliphatic rings. The number of likely N-dealkylation sites (N-methyl/N-ethyl adjacent to an activating group) is 1. The van der Waals surface area contributed by atoms with E-state index in [1.807, 2.05) is 59.1 Å². The largest absolute Gasteiger partial charge is 0.501 e. The smallest absolute Gasteiger partial charge is 0.385 e. The van der Waals surface area contributed by atoms with Gasteiger partial charge < -0.3 is 25.3 Å². The number of piperidine rings is 1. The van der Waals surface area contributed by atoms with E-state index in [9.17, 15) is 58.0 Å². The molecule has 0 bridgehead atoms. The molecular formula is C66H84F5N9O8S3. The van der Waals surface area contributed by atoms with Crippen LogP contribution in [0.4, 0.5) is 39.0 Å². The van der Waals surface area contributed by atoms with E-state index in [1.54, 1.807) is 18.2 Å². The third kappa shape index (κ3) is 16.3. The monoisotopic (exact) mass is 1320 g/mol. The quantitative estimate of drug-likeness (QED) is 0.0104. The van der Waals surface area contributed by atoms with Gasteiger partial charge in [0.05, 0.1) is 16.6 Å². The molecule has 5 fully saturated rings. The first kappa shape index (κ1) is 67.9. The molecule has 4 aromatic rings. The number of piperazine rings is 2. The van der Waals surface area contributed by atoms with E-state index in [-0.39, 0.29) is 40.5 Å². The summed E-state index contributed by atoms with van der Waals surface area (Å²) in [5.41, 5.74) is -0.389. The number of anilines is 3.